The molecular weight excluding hydrogens is 244 g/mol. The van der Waals surface area contributed by atoms with Gasteiger partial charge in [-0.3, -0.25) is 4.79 Å². The molecular formula is C14H28N2O3. The van der Waals surface area contributed by atoms with Gasteiger partial charge in [0.05, 0.1) is 24.7 Å². The smallest absolute Gasteiger partial charge is 0.230 e. The van der Waals surface area contributed by atoms with Crippen molar-refractivity contribution in [2.24, 2.45) is 17.1 Å². The molecule has 0 aromatic rings. The van der Waals surface area contributed by atoms with Crippen LogP contribution in [0.25, 0.3) is 0 Å². The minimum Gasteiger partial charge on any atom is -0.383 e. The van der Waals surface area contributed by atoms with E-state index in [2.05, 4.69) is 6.92 Å². The second kappa shape index (κ2) is 7.22. The van der Waals surface area contributed by atoms with Crippen LogP contribution >= 0.6 is 0 Å². The topological polar surface area (TPSA) is 64.8 Å². The molecule has 0 saturated heterocycles. The SMILES string of the molecule is COCCN(C(=O)C1(CN)CC(C)C1)C(C)COC. The summed E-state index contributed by atoms with van der Waals surface area (Å²) in [6.07, 6.45) is 1.79. The van der Waals surface area contributed by atoms with E-state index in [1.165, 1.54) is 0 Å². The van der Waals surface area contributed by atoms with Crippen molar-refractivity contribution >= 4 is 5.91 Å². The molecule has 0 heterocycles. The largest absolute Gasteiger partial charge is 0.383 e. The van der Waals surface area contributed by atoms with Gasteiger partial charge in [-0.25, -0.2) is 0 Å². The van der Waals surface area contributed by atoms with Gasteiger partial charge in [-0.05, 0) is 25.7 Å². The van der Waals surface area contributed by atoms with Gasteiger partial charge in [0.25, 0.3) is 0 Å². The van der Waals surface area contributed by atoms with Crippen molar-refractivity contribution in [3.63, 3.8) is 0 Å². The molecule has 0 spiro atoms. The third-order valence-electron chi connectivity index (χ3n) is 4.06. The number of rotatable bonds is 8. The standard InChI is InChI=1S/C14H28N2O3/c1-11-7-14(8-11,10-15)13(17)16(5-6-18-3)12(2)9-19-4/h11-12H,5-10,15H2,1-4H3. The van der Waals surface area contributed by atoms with E-state index in [4.69, 9.17) is 15.2 Å². The molecule has 0 aromatic carbocycles. The van der Waals surface area contributed by atoms with Gasteiger partial charge in [-0.2, -0.15) is 0 Å². The van der Waals surface area contributed by atoms with Crippen LogP contribution in [0.4, 0.5) is 0 Å². The van der Waals surface area contributed by atoms with Crippen LogP contribution in [-0.4, -0.2) is 57.4 Å². The third-order valence-corrected chi connectivity index (χ3v) is 4.06. The van der Waals surface area contributed by atoms with Crippen LogP contribution in [0.5, 0.6) is 0 Å². The quantitative estimate of drug-likeness (QED) is 0.712. The predicted octanol–water partition coefficient (Wildman–Crippen LogP) is 0.871. The molecule has 1 atom stereocenters. The third kappa shape index (κ3) is 3.68. The van der Waals surface area contributed by atoms with Crippen molar-refractivity contribution in [3.8, 4) is 0 Å². The maximum atomic E-state index is 12.8. The summed E-state index contributed by atoms with van der Waals surface area (Å²) in [6.45, 7) is 6.26. The van der Waals surface area contributed by atoms with Crippen LogP contribution in [0.15, 0.2) is 0 Å². The maximum absolute atomic E-state index is 12.8. The molecule has 19 heavy (non-hydrogen) atoms. The number of nitrogens with zero attached hydrogens (tertiary/aromatic N) is 1. The monoisotopic (exact) mass is 272 g/mol. The summed E-state index contributed by atoms with van der Waals surface area (Å²) in [5, 5.41) is 0. The van der Waals surface area contributed by atoms with Crippen LogP contribution in [0.1, 0.15) is 26.7 Å². The maximum Gasteiger partial charge on any atom is 0.230 e. The molecule has 0 aliphatic heterocycles. The highest BCUT2D eigenvalue weighted by Gasteiger charge is 2.49. The highest BCUT2D eigenvalue weighted by atomic mass is 16.5. The lowest BCUT2D eigenvalue weighted by molar-refractivity contribution is -0.153. The molecule has 1 aliphatic rings. The van der Waals surface area contributed by atoms with Crippen LogP contribution in [0, 0.1) is 11.3 Å². The zero-order valence-corrected chi connectivity index (χ0v) is 12.6. The number of methoxy groups -OCH3 is 2. The minimum absolute atomic E-state index is 0.0481. The van der Waals surface area contributed by atoms with E-state index >= 15 is 0 Å². The van der Waals surface area contributed by atoms with E-state index in [1.54, 1.807) is 14.2 Å². The zero-order chi connectivity index (χ0) is 14.5. The fourth-order valence-corrected chi connectivity index (χ4v) is 3.05. The van der Waals surface area contributed by atoms with Crippen molar-refractivity contribution in [3.05, 3.63) is 0 Å². The molecule has 0 radical (unpaired) electrons. The molecule has 1 amide bonds. The number of carbonyl (C=O) groups excluding carboxylic acids is 1. The Morgan fingerprint density at radius 1 is 1.42 bits per heavy atom. The Kier molecular flexibility index (Phi) is 6.23. The highest BCUT2D eigenvalue weighted by Crippen LogP contribution is 2.46. The van der Waals surface area contributed by atoms with Crippen molar-refractivity contribution in [1.82, 2.24) is 4.90 Å². The van der Waals surface area contributed by atoms with Crippen LogP contribution < -0.4 is 5.73 Å². The first-order valence-corrected chi connectivity index (χ1v) is 6.99. The lowest BCUT2D eigenvalue weighted by Crippen LogP contribution is -2.57. The summed E-state index contributed by atoms with van der Waals surface area (Å²) in [5.74, 6) is 0.754. The molecule has 5 heteroatoms. The minimum atomic E-state index is -0.352. The molecule has 2 N–H and O–H groups in total. The number of ether oxygens (including phenoxy) is 2. The Bertz CT molecular complexity index is 290. The molecule has 0 bridgehead atoms. The summed E-state index contributed by atoms with van der Waals surface area (Å²) < 4.78 is 10.3. The van der Waals surface area contributed by atoms with E-state index in [0.29, 0.717) is 32.2 Å². The second-order valence-electron chi connectivity index (χ2n) is 5.79. The van der Waals surface area contributed by atoms with E-state index in [-0.39, 0.29) is 17.4 Å². The van der Waals surface area contributed by atoms with E-state index in [9.17, 15) is 4.79 Å². The van der Waals surface area contributed by atoms with Crippen LogP contribution in [0.3, 0.4) is 0 Å². The fraction of sp³-hybridized carbons (Fsp3) is 0.929. The molecule has 1 aliphatic carbocycles. The first-order valence-electron chi connectivity index (χ1n) is 6.99. The van der Waals surface area contributed by atoms with Gasteiger partial charge in [0.15, 0.2) is 0 Å². The Hall–Kier alpha value is -0.650. The van der Waals surface area contributed by atoms with E-state index in [0.717, 1.165) is 12.8 Å². The van der Waals surface area contributed by atoms with Gasteiger partial charge in [0.1, 0.15) is 0 Å². The molecule has 0 aromatic heterocycles. The van der Waals surface area contributed by atoms with Gasteiger partial charge < -0.3 is 20.1 Å². The average Bonchev–Trinajstić information content (AvgIpc) is 2.35. The molecule has 1 fully saturated rings. The Morgan fingerprint density at radius 2 is 2.05 bits per heavy atom. The predicted molar refractivity (Wildman–Crippen MR) is 74.8 cm³/mol. The number of amides is 1. The lowest BCUT2D eigenvalue weighted by Gasteiger charge is -2.48. The van der Waals surface area contributed by atoms with Crippen molar-refractivity contribution in [2.45, 2.75) is 32.7 Å². The summed E-state index contributed by atoms with van der Waals surface area (Å²) in [7, 11) is 3.30. The van der Waals surface area contributed by atoms with Gasteiger partial charge >= 0.3 is 0 Å². The van der Waals surface area contributed by atoms with Gasteiger partial charge in [-0.15, -0.1) is 0 Å². The van der Waals surface area contributed by atoms with Crippen molar-refractivity contribution < 1.29 is 14.3 Å². The van der Waals surface area contributed by atoms with E-state index < -0.39 is 0 Å². The fourth-order valence-electron chi connectivity index (χ4n) is 3.05. The lowest BCUT2D eigenvalue weighted by atomic mass is 9.61. The van der Waals surface area contributed by atoms with E-state index in [1.807, 2.05) is 11.8 Å². The van der Waals surface area contributed by atoms with Crippen molar-refractivity contribution in [2.75, 3.05) is 40.5 Å². The average molecular weight is 272 g/mol. The summed E-state index contributed by atoms with van der Waals surface area (Å²) in [6, 6.07) is 0.0481. The molecule has 1 unspecified atom stereocenters. The summed E-state index contributed by atoms with van der Waals surface area (Å²) >= 11 is 0. The first-order chi connectivity index (χ1) is 9.00. The molecule has 112 valence electrons. The van der Waals surface area contributed by atoms with Gasteiger partial charge in [0, 0.05) is 27.3 Å². The highest BCUT2D eigenvalue weighted by molar-refractivity contribution is 5.84. The molecule has 1 saturated carbocycles. The van der Waals surface area contributed by atoms with Crippen LogP contribution in [-0.2, 0) is 14.3 Å². The first kappa shape index (κ1) is 16.4. The van der Waals surface area contributed by atoms with Gasteiger partial charge in [-0.1, -0.05) is 6.92 Å². The second-order valence-corrected chi connectivity index (χ2v) is 5.79. The van der Waals surface area contributed by atoms with Crippen molar-refractivity contribution in [1.29, 1.82) is 0 Å². The van der Waals surface area contributed by atoms with Gasteiger partial charge in [0.2, 0.25) is 5.91 Å². The van der Waals surface area contributed by atoms with Crippen LogP contribution in [0.2, 0.25) is 0 Å². The number of hydrogen-bond acceptors (Lipinski definition) is 4. The summed E-state index contributed by atoms with van der Waals surface area (Å²) in [4.78, 5) is 14.6. The number of carbonyl (C=O) groups is 1. The molecule has 1 rings (SSSR count). The Balaban J connectivity index is 2.75. The summed E-state index contributed by atoms with van der Waals surface area (Å²) in [5.41, 5.74) is 5.51. The Labute approximate surface area is 116 Å². The number of hydrogen-bond donors (Lipinski definition) is 1. The normalized spacial score (nSPS) is 27.7. The molecule has 5 nitrogen and oxygen atoms in total. The zero-order valence-electron chi connectivity index (χ0n) is 12.6. The Morgan fingerprint density at radius 3 is 2.47 bits per heavy atom. The number of nitrogens with two attached hydrogens (primary N) is 1.